The molecule has 1 nitrogen and oxygen atoms in total. The van der Waals surface area contributed by atoms with Gasteiger partial charge < -0.3 is 5.11 Å². The maximum Gasteiger partial charge on any atom is 0.0434 e. The van der Waals surface area contributed by atoms with Crippen molar-refractivity contribution in [2.75, 3.05) is 6.61 Å². The molecular weight excluding hydrogens is 172 g/mol. The van der Waals surface area contributed by atoms with E-state index in [9.17, 15) is 0 Å². The van der Waals surface area contributed by atoms with E-state index in [4.69, 9.17) is 5.11 Å². The first-order chi connectivity index (χ1) is 6.57. The molecule has 0 aliphatic rings. The number of aliphatic hydroxyl groups excluding tert-OH is 1. The lowest BCUT2D eigenvalue weighted by Gasteiger charge is -2.13. The predicted molar refractivity (Wildman–Crippen MR) is 60.8 cm³/mol. The summed E-state index contributed by atoms with van der Waals surface area (Å²) in [5.41, 5.74) is 6.94. The summed E-state index contributed by atoms with van der Waals surface area (Å²) in [5.74, 6) is 0. The molecule has 0 aromatic heterocycles. The van der Waals surface area contributed by atoms with Gasteiger partial charge in [0.1, 0.15) is 0 Å². The second kappa shape index (κ2) is 4.61. The van der Waals surface area contributed by atoms with E-state index in [1.54, 1.807) is 0 Å². The molecule has 78 valence electrons. The predicted octanol–water partition coefficient (Wildman–Crippen LogP) is 2.85. The van der Waals surface area contributed by atoms with Gasteiger partial charge in [-0.05, 0) is 68.4 Å². The first-order valence-electron chi connectivity index (χ1n) is 5.25. The van der Waals surface area contributed by atoms with Crippen molar-refractivity contribution in [1.82, 2.24) is 0 Å². The van der Waals surface area contributed by atoms with Crippen LogP contribution in [0.25, 0.3) is 0 Å². The van der Waals surface area contributed by atoms with Crippen LogP contribution in [0.1, 0.15) is 34.2 Å². The highest BCUT2D eigenvalue weighted by molar-refractivity contribution is 5.43. The van der Waals surface area contributed by atoms with Gasteiger partial charge in [-0.25, -0.2) is 0 Å². The van der Waals surface area contributed by atoms with Gasteiger partial charge in [-0.15, -0.1) is 0 Å². The molecule has 0 heterocycles. The van der Waals surface area contributed by atoms with Crippen molar-refractivity contribution in [2.45, 2.75) is 40.5 Å². The van der Waals surface area contributed by atoms with Crippen LogP contribution in [0.15, 0.2) is 6.07 Å². The molecule has 0 amide bonds. The van der Waals surface area contributed by atoms with E-state index in [-0.39, 0.29) is 6.61 Å². The summed E-state index contributed by atoms with van der Waals surface area (Å²) in [6.45, 7) is 8.97. The number of aliphatic hydroxyl groups is 1. The summed E-state index contributed by atoms with van der Waals surface area (Å²) >= 11 is 0. The average Bonchev–Trinajstić information content (AvgIpc) is 2.18. The molecule has 0 aliphatic heterocycles. The monoisotopic (exact) mass is 192 g/mol. The second-order valence-corrected chi connectivity index (χ2v) is 4.05. The Kier molecular flexibility index (Phi) is 3.70. The van der Waals surface area contributed by atoms with Crippen LogP contribution in [0, 0.1) is 27.7 Å². The molecule has 0 unspecified atom stereocenters. The van der Waals surface area contributed by atoms with Gasteiger partial charge in [0.15, 0.2) is 0 Å². The van der Waals surface area contributed by atoms with Gasteiger partial charge in [0.05, 0.1) is 0 Å². The van der Waals surface area contributed by atoms with Crippen LogP contribution in [0.3, 0.4) is 0 Å². The van der Waals surface area contributed by atoms with Crippen LogP contribution in [-0.4, -0.2) is 11.7 Å². The van der Waals surface area contributed by atoms with E-state index < -0.39 is 0 Å². The third-order valence-electron chi connectivity index (χ3n) is 3.19. The summed E-state index contributed by atoms with van der Waals surface area (Å²) in [4.78, 5) is 0. The van der Waals surface area contributed by atoms with Crippen LogP contribution in [-0.2, 0) is 6.42 Å². The smallest absolute Gasteiger partial charge is 0.0434 e. The largest absolute Gasteiger partial charge is 0.396 e. The third kappa shape index (κ3) is 2.16. The van der Waals surface area contributed by atoms with Gasteiger partial charge >= 0.3 is 0 Å². The molecule has 1 aromatic rings. The molecule has 0 aliphatic carbocycles. The molecular formula is C13H20O. The Morgan fingerprint density at radius 2 is 1.64 bits per heavy atom. The molecule has 1 N–H and O–H groups in total. The fraction of sp³-hybridized carbons (Fsp3) is 0.538. The Bertz CT molecular complexity index is 326. The van der Waals surface area contributed by atoms with E-state index in [2.05, 4.69) is 33.8 Å². The maximum atomic E-state index is 8.81. The minimum Gasteiger partial charge on any atom is -0.396 e. The van der Waals surface area contributed by atoms with E-state index in [1.807, 2.05) is 0 Å². The number of aryl methyl sites for hydroxylation is 2. The van der Waals surface area contributed by atoms with Crippen molar-refractivity contribution in [3.63, 3.8) is 0 Å². The molecule has 1 rings (SSSR count). The number of hydrogen-bond donors (Lipinski definition) is 1. The molecule has 0 fully saturated rings. The zero-order valence-corrected chi connectivity index (χ0v) is 9.65. The standard InChI is InChI=1S/C13H20O/c1-9-8-13(6-5-7-14)12(4)11(3)10(9)2/h8,14H,5-7H2,1-4H3. The van der Waals surface area contributed by atoms with Crippen molar-refractivity contribution in [3.05, 3.63) is 33.9 Å². The highest BCUT2D eigenvalue weighted by Gasteiger charge is 2.06. The molecule has 0 spiro atoms. The first kappa shape index (κ1) is 11.3. The van der Waals surface area contributed by atoms with E-state index in [1.165, 1.54) is 27.8 Å². The number of benzene rings is 1. The van der Waals surface area contributed by atoms with Crippen LogP contribution in [0.5, 0.6) is 0 Å². The normalized spacial score (nSPS) is 10.6. The molecule has 1 aromatic carbocycles. The van der Waals surface area contributed by atoms with Crippen molar-refractivity contribution >= 4 is 0 Å². The molecule has 0 atom stereocenters. The quantitative estimate of drug-likeness (QED) is 0.780. The minimum absolute atomic E-state index is 0.283. The Hall–Kier alpha value is -0.820. The summed E-state index contributed by atoms with van der Waals surface area (Å²) in [6, 6.07) is 2.26. The van der Waals surface area contributed by atoms with Crippen molar-refractivity contribution in [1.29, 1.82) is 0 Å². The lowest BCUT2D eigenvalue weighted by atomic mass is 9.92. The Labute approximate surface area is 86.8 Å². The van der Waals surface area contributed by atoms with E-state index in [0.717, 1.165) is 12.8 Å². The first-order valence-corrected chi connectivity index (χ1v) is 5.25. The Morgan fingerprint density at radius 3 is 2.21 bits per heavy atom. The van der Waals surface area contributed by atoms with Gasteiger partial charge in [0, 0.05) is 6.61 Å². The zero-order valence-electron chi connectivity index (χ0n) is 9.65. The van der Waals surface area contributed by atoms with Gasteiger partial charge in [-0.1, -0.05) is 6.07 Å². The van der Waals surface area contributed by atoms with Crippen molar-refractivity contribution in [2.24, 2.45) is 0 Å². The van der Waals surface area contributed by atoms with Crippen LogP contribution in [0.2, 0.25) is 0 Å². The Morgan fingerprint density at radius 1 is 1.00 bits per heavy atom. The Balaban J connectivity index is 3.06. The van der Waals surface area contributed by atoms with Gasteiger partial charge in [0.2, 0.25) is 0 Å². The highest BCUT2D eigenvalue weighted by Crippen LogP contribution is 2.21. The average molecular weight is 192 g/mol. The number of hydrogen-bond acceptors (Lipinski definition) is 1. The summed E-state index contributed by atoms with van der Waals surface area (Å²) in [7, 11) is 0. The molecule has 0 radical (unpaired) electrons. The third-order valence-corrected chi connectivity index (χ3v) is 3.19. The highest BCUT2D eigenvalue weighted by atomic mass is 16.2. The zero-order chi connectivity index (χ0) is 10.7. The van der Waals surface area contributed by atoms with Gasteiger partial charge in [-0.2, -0.15) is 0 Å². The SMILES string of the molecule is Cc1cc(CCCO)c(C)c(C)c1C. The molecule has 0 saturated heterocycles. The topological polar surface area (TPSA) is 20.2 Å². The molecule has 0 bridgehead atoms. The summed E-state index contributed by atoms with van der Waals surface area (Å²) in [6.07, 6.45) is 1.85. The lowest BCUT2D eigenvalue weighted by molar-refractivity contribution is 0.288. The fourth-order valence-electron chi connectivity index (χ4n) is 1.82. The summed E-state index contributed by atoms with van der Waals surface area (Å²) < 4.78 is 0. The van der Waals surface area contributed by atoms with Crippen molar-refractivity contribution < 1.29 is 5.11 Å². The molecule has 14 heavy (non-hydrogen) atoms. The van der Waals surface area contributed by atoms with Crippen LogP contribution in [0.4, 0.5) is 0 Å². The van der Waals surface area contributed by atoms with Gasteiger partial charge in [-0.3, -0.25) is 0 Å². The van der Waals surface area contributed by atoms with Gasteiger partial charge in [0.25, 0.3) is 0 Å². The van der Waals surface area contributed by atoms with Crippen LogP contribution < -0.4 is 0 Å². The fourth-order valence-corrected chi connectivity index (χ4v) is 1.82. The second-order valence-electron chi connectivity index (χ2n) is 4.05. The van der Waals surface area contributed by atoms with Crippen molar-refractivity contribution in [3.8, 4) is 0 Å². The molecule has 1 heteroatoms. The lowest BCUT2D eigenvalue weighted by Crippen LogP contribution is -1.99. The minimum atomic E-state index is 0.283. The van der Waals surface area contributed by atoms with E-state index >= 15 is 0 Å². The maximum absolute atomic E-state index is 8.81. The molecule has 0 saturated carbocycles. The van der Waals surface area contributed by atoms with E-state index in [0.29, 0.717) is 0 Å². The number of rotatable bonds is 3. The summed E-state index contributed by atoms with van der Waals surface area (Å²) in [5, 5.41) is 8.81. The van der Waals surface area contributed by atoms with Crippen LogP contribution >= 0.6 is 0 Å².